The van der Waals surface area contributed by atoms with Gasteiger partial charge in [-0.1, -0.05) is 6.92 Å². The molecule has 1 atom stereocenters. The predicted octanol–water partition coefficient (Wildman–Crippen LogP) is 2.75. The second kappa shape index (κ2) is 6.05. The van der Waals surface area contributed by atoms with E-state index >= 15 is 0 Å². The van der Waals surface area contributed by atoms with E-state index in [0.717, 1.165) is 17.8 Å². The van der Waals surface area contributed by atoms with E-state index in [4.69, 9.17) is 4.74 Å². The molecular weight excluding hydrogens is 259 g/mol. The van der Waals surface area contributed by atoms with Gasteiger partial charge in [-0.2, -0.15) is 5.10 Å². The zero-order valence-corrected chi connectivity index (χ0v) is 11.9. The number of nitrogens with zero attached hydrogens (tertiary/aromatic N) is 2. The van der Waals surface area contributed by atoms with Gasteiger partial charge in [-0.25, -0.2) is 4.39 Å². The van der Waals surface area contributed by atoms with Gasteiger partial charge >= 0.3 is 0 Å². The molecule has 1 N–H and O–H groups in total. The first-order valence-electron chi connectivity index (χ1n) is 6.63. The Hall–Kier alpha value is -1.88. The van der Waals surface area contributed by atoms with E-state index in [1.807, 2.05) is 20.0 Å². The topological polar surface area (TPSA) is 47.3 Å². The lowest BCUT2D eigenvalue weighted by Gasteiger charge is -2.13. The second-order valence-corrected chi connectivity index (χ2v) is 4.75. The molecule has 20 heavy (non-hydrogen) atoms. The number of halogens is 1. The summed E-state index contributed by atoms with van der Waals surface area (Å²) in [6.45, 7) is 3.95. The molecule has 2 aromatic rings. The first kappa shape index (κ1) is 14.5. The molecule has 0 unspecified atom stereocenters. The fourth-order valence-corrected chi connectivity index (χ4v) is 2.01. The van der Waals surface area contributed by atoms with Gasteiger partial charge in [-0.3, -0.25) is 4.68 Å². The van der Waals surface area contributed by atoms with Gasteiger partial charge in [0.05, 0.1) is 17.5 Å². The lowest BCUT2D eigenvalue weighted by molar-refractivity contribution is 0.189. The van der Waals surface area contributed by atoms with Crippen molar-refractivity contribution in [1.82, 2.24) is 9.78 Å². The van der Waals surface area contributed by atoms with Crippen LogP contribution < -0.4 is 4.74 Å². The zero-order chi connectivity index (χ0) is 14.7. The number of aliphatic hydroxyl groups excluding tert-OH is 1. The molecule has 2 rings (SSSR count). The Morgan fingerprint density at radius 2 is 2.15 bits per heavy atom. The summed E-state index contributed by atoms with van der Waals surface area (Å²) in [7, 11) is 1.86. The molecule has 108 valence electrons. The van der Waals surface area contributed by atoms with E-state index in [1.165, 1.54) is 18.2 Å². The van der Waals surface area contributed by atoms with Crippen LogP contribution in [0.25, 0.3) is 0 Å². The first-order chi connectivity index (χ1) is 9.51. The number of benzene rings is 1. The van der Waals surface area contributed by atoms with Crippen LogP contribution in [0.5, 0.6) is 5.75 Å². The smallest absolute Gasteiger partial charge is 0.130 e. The average Bonchev–Trinajstić information content (AvgIpc) is 2.78. The van der Waals surface area contributed by atoms with Gasteiger partial charge in [-0.05, 0) is 37.6 Å². The fraction of sp³-hybridized carbons (Fsp3) is 0.400. The SMILES string of the molecule is CCc1cc(COc2ccc(F)cc2[C@@H](C)O)n(C)n1. The number of hydrogen-bond donors (Lipinski definition) is 1. The minimum Gasteiger partial charge on any atom is -0.487 e. The Kier molecular flexibility index (Phi) is 4.39. The highest BCUT2D eigenvalue weighted by molar-refractivity contribution is 5.35. The summed E-state index contributed by atoms with van der Waals surface area (Å²) in [6, 6.07) is 6.13. The number of rotatable bonds is 5. The van der Waals surface area contributed by atoms with Gasteiger partial charge in [-0.15, -0.1) is 0 Å². The van der Waals surface area contributed by atoms with Crippen LogP contribution in [-0.2, 0) is 20.1 Å². The summed E-state index contributed by atoms with van der Waals surface area (Å²) in [5.41, 5.74) is 2.38. The third kappa shape index (κ3) is 3.17. The number of aromatic nitrogens is 2. The molecule has 0 spiro atoms. The molecule has 0 radical (unpaired) electrons. The first-order valence-corrected chi connectivity index (χ1v) is 6.63. The Labute approximate surface area is 117 Å². The Bertz CT molecular complexity index is 594. The van der Waals surface area contributed by atoms with E-state index in [9.17, 15) is 9.50 Å². The van der Waals surface area contributed by atoms with Crippen molar-refractivity contribution in [3.05, 3.63) is 47.0 Å². The molecule has 1 aromatic heterocycles. The van der Waals surface area contributed by atoms with Crippen LogP contribution >= 0.6 is 0 Å². The summed E-state index contributed by atoms with van der Waals surface area (Å²) in [6.07, 6.45) is 0.0852. The highest BCUT2D eigenvalue weighted by atomic mass is 19.1. The second-order valence-electron chi connectivity index (χ2n) is 4.75. The van der Waals surface area contributed by atoms with Crippen LogP contribution in [0.4, 0.5) is 4.39 Å². The molecule has 0 bridgehead atoms. The van der Waals surface area contributed by atoms with Crippen molar-refractivity contribution in [2.24, 2.45) is 7.05 Å². The summed E-state index contributed by atoms with van der Waals surface area (Å²) in [4.78, 5) is 0. The number of aliphatic hydroxyl groups is 1. The van der Waals surface area contributed by atoms with Gasteiger partial charge in [0.15, 0.2) is 0 Å². The quantitative estimate of drug-likeness (QED) is 0.914. The van der Waals surface area contributed by atoms with E-state index in [2.05, 4.69) is 5.10 Å². The molecule has 0 saturated carbocycles. The molecule has 1 heterocycles. The van der Waals surface area contributed by atoms with Crippen molar-refractivity contribution in [3.8, 4) is 5.75 Å². The highest BCUT2D eigenvalue weighted by Gasteiger charge is 2.12. The van der Waals surface area contributed by atoms with Gasteiger partial charge in [0.1, 0.15) is 18.2 Å². The van der Waals surface area contributed by atoms with Gasteiger partial charge < -0.3 is 9.84 Å². The lowest BCUT2D eigenvalue weighted by atomic mass is 10.1. The van der Waals surface area contributed by atoms with Crippen molar-refractivity contribution < 1.29 is 14.2 Å². The zero-order valence-electron chi connectivity index (χ0n) is 11.9. The number of ether oxygens (including phenoxy) is 1. The van der Waals surface area contributed by atoms with Crippen molar-refractivity contribution in [2.75, 3.05) is 0 Å². The summed E-state index contributed by atoms with van der Waals surface area (Å²) < 4.78 is 20.7. The molecule has 0 aliphatic carbocycles. The molecule has 1 aromatic carbocycles. The maximum Gasteiger partial charge on any atom is 0.130 e. The van der Waals surface area contributed by atoms with Crippen LogP contribution in [-0.4, -0.2) is 14.9 Å². The minimum atomic E-state index is -0.779. The van der Waals surface area contributed by atoms with Crippen molar-refractivity contribution in [2.45, 2.75) is 33.0 Å². The third-order valence-corrected chi connectivity index (χ3v) is 3.19. The summed E-state index contributed by atoms with van der Waals surface area (Å²) in [5, 5.41) is 14.0. The summed E-state index contributed by atoms with van der Waals surface area (Å²) in [5.74, 6) is 0.0997. The van der Waals surface area contributed by atoms with Crippen LogP contribution in [0.15, 0.2) is 24.3 Å². The van der Waals surface area contributed by atoms with Gasteiger partial charge in [0.2, 0.25) is 0 Å². The molecule has 0 saturated heterocycles. The monoisotopic (exact) mass is 278 g/mol. The molecule has 5 heteroatoms. The van der Waals surface area contributed by atoms with Crippen LogP contribution in [0.2, 0.25) is 0 Å². The molecule has 0 aliphatic heterocycles. The molecule has 0 amide bonds. The van der Waals surface area contributed by atoms with Crippen molar-refractivity contribution >= 4 is 0 Å². The molecule has 0 aliphatic rings. The van der Waals surface area contributed by atoms with Gasteiger partial charge in [0.25, 0.3) is 0 Å². The maximum atomic E-state index is 13.2. The molecule has 0 fully saturated rings. The fourth-order valence-electron chi connectivity index (χ4n) is 2.01. The van der Waals surface area contributed by atoms with Crippen molar-refractivity contribution in [1.29, 1.82) is 0 Å². The summed E-state index contributed by atoms with van der Waals surface area (Å²) >= 11 is 0. The largest absolute Gasteiger partial charge is 0.487 e. The highest BCUT2D eigenvalue weighted by Crippen LogP contribution is 2.26. The van der Waals surface area contributed by atoms with Crippen LogP contribution in [0.3, 0.4) is 0 Å². The van der Waals surface area contributed by atoms with Crippen LogP contribution in [0.1, 0.15) is 36.9 Å². The standard InChI is InChI=1S/C15H19FN2O2/c1-4-12-8-13(18(3)17-12)9-20-15-6-5-11(16)7-14(15)10(2)19/h5-8,10,19H,4,9H2,1-3H3/t10-/m1/s1. The van der Waals surface area contributed by atoms with E-state index < -0.39 is 6.10 Å². The average molecular weight is 278 g/mol. The Morgan fingerprint density at radius 3 is 2.75 bits per heavy atom. The molecule has 4 nitrogen and oxygen atoms in total. The Morgan fingerprint density at radius 1 is 1.40 bits per heavy atom. The van der Waals surface area contributed by atoms with Gasteiger partial charge in [0, 0.05) is 12.6 Å². The predicted molar refractivity (Wildman–Crippen MR) is 74.0 cm³/mol. The van der Waals surface area contributed by atoms with E-state index in [-0.39, 0.29) is 5.82 Å². The normalized spacial score (nSPS) is 12.4. The van der Waals surface area contributed by atoms with E-state index in [0.29, 0.717) is 17.9 Å². The third-order valence-electron chi connectivity index (χ3n) is 3.19. The van der Waals surface area contributed by atoms with Crippen molar-refractivity contribution in [3.63, 3.8) is 0 Å². The Balaban J connectivity index is 2.16. The lowest BCUT2D eigenvalue weighted by Crippen LogP contribution is -2.05. The maximum absolute atomic E-state index is 13.2. The minimum absolute atomic E-state index is 0.328. The number of aryl methyl sites for hydroxylation is 2. The van der Waals surface area contributed by atoms with E-state index in [1.54, 1.807) is 11.6 Å². The van der Waals surface area contributed by atoms with Crippen LogP contribution in [0, 0.1) is 5.82 Å². The number of hydrogen-bond acceptors (Lipinski definition) is 3. The molecular formula is C15H19FN2O2.